The third kappa shape index (κ3) is 22.3. The molecular formula is C64H80F2N10O9. The molecule has 3 amide bonds. The van der Waals surface area contributed by atoms with Crippen molar-refractivity contribution in [2.75, 3.05) is 63.1 Å². The molecule has 19 nitrogen and oxygen atoms in total. The number of alkyl halides is 1. The normalized spacial score (nSPS) is 15.1. The first kappa shape index (κ1) is 65.7. The molecule has 3 aliphatic heterocycles. The van der Waals surface area contributed by atoms with Crippen molar-refractivity contribution < 1.29 is 42.5 Å². The molecule has 0 atom stereocenters. The van der Waals surface area contributed by atoms with Gasteiger partial charge in [-0.3, -0.25) is 25.0 Å². The van der Waals surface area contributed by atoms with Gasteiger partial charge in [-0.15, -0.1) is 0 Å². The molecule has 6 aromatic rings. The number of hydrogen-bond donors (Lipinski definition) is 3. The van der Waals surface area contributed by atoms with Crippen molar-refractivity contribution in [1.82, 2.24) is 24.7 Å². The van der Waals surface area contributed by atoms with Gasteiger partial charge in [0, 0.05) is 91.6 Å². The number of aromatic nitrogens is 2. The van der Waals surface area contributed by atoms with Crippen LogP contribution in [-0.2, 0) is 27.1 Å². The Labute approximate surface area is 496 Å². The lowest BCUT2D eigenvalue weighted by Gasteiger charge is -2.33. The summed E-state index contributed by atoms with van der Waals surface area (Å²) in [5, 5.41) is 27.7. The second-order valence-electron chi connectivity index (χ2n) is 23.3. The van der Waals surface area contributed by atoms with Crippen molar-refractivity contribution in [3.63, 3.8) is 0 Å². The molecule has 0 radical (unpaired) electrons. The van der Waals surface area contributed by atoms with Crippen molar-refractivity contribution in [3.05, 3.63) is 171 Å². The topological polar surface area (TPSA) is 242 Å². The fourth-order valence-electron chi connectivity index (χ4n) is 9.73. The number of rotatable bonds is 13. The zero-order valence-corrected chi connectivity index (χ0v) is 49.5. The molecule has 3 fully saturated rings. The number of carbonyl (C=O) groups is 3. The second kappa shape index (κ2) is 31.5. The summed E-state index contributed by atoms with van der Waals surface area (Å²) in [6.07, 6.45) is 10.4. The predicted molar refractivity (Wildman–Crippen MR) is 328 cm³/mol. The van der Waals surface area contributed by atoms with Crippen LogP contribution in [0.5, 0.6) is 0 Å². The highest BCUT2D eigenvalue weighted by Crippen LogP contribution is 2.31. The number of ether oxygens (including phenoxy) is 2. The zero-order valence-electron chi connectivity index (χ0n) is 49.5. The fraction of sp³-hybridized carbons (Fsp3) is 0.422. The van der Waals surface area contributed by atoms with E-state index in [-0.39, 0.29) is 47.1 Å². The first-order valence-electron chi connectivity index (χ1n) is 28.7. The SMILES string of the molecule is C=CC(=O)Nc1cccc(-c2cccc3cnc(Nc4ccc(CC5CCN(CCF)CC5)cc4)nc23)c1.CC(C)(C)OC(=O)N1CCC(Cc2ccc([N+](=O)[O-])cc2)CC1.CC(C)(C)OC(=O)N1CCC(N)CC1.O=[N+]([O-])c1ccc(F)cc1. The summed E-state index contributed by atoms with van der Waals surface area (Å²) in [4.78, 5) is 70.1. The van der Waals surface area contributed by atoms with E-state index in [1.165, 1.54) is 11.6 Å². The molecule has 0 spiro atoms. The molecule has 0 aliphatic carbocycles. The standard InChI is InChI=1S/C31H32FN5O.C17H24N2O4.C10H20N2O2.C6H4FNO2/c1-2-29(38)34-27-7-3-5-24(20-27)28-8-4-6-25-21-33-31(36-30(25)28)35-26-11-9-22(10-12-26)19-23-13-16-37(17-14-23)18-15-32;1-17(2,3)23-16(20)18-10-8-14(9-11-18)12-13-4-6-15(7-5-13)19(21)22;1-10(2,3)14-9(13)12-6-4-8(11)5-7-12;7-5-1-3-6(4-2-5)8(9)10/h2-12,20-21,23H,1,13-19H2,(H,34,38)(H,33,35,36);4-7,14H,8-12H2,1-3H3;8H,4-7,11H2,1-3H3;1-4H. The highest BCUT2D eigenvalue weighted by Gasteiger charge is 2.28. The summed E-state index contributed by atoms with van der Waals surface area (Å²) in [6, 6.07) is 33.4. The lowest BCUT2D eigenvalue weighted by Crippen LogP contribution is -2.44. The molecule has 454 valence electrons. The van der Waals surface area contributed by atoms with Crippen molar-refractivity contribution in [3.8, 4) is 11.1 Å². The third-order valence-electron chi connectivity index (χ3n) is 14.2. The van der Waals surface area contributed by atoms with Crippen LogP contribution < -0.4 is 16.4 Å². The van der Waals surface area contributed by atoms with Gasteiger partial charge in [-0.1, -0.05) is 61.2 Å². The number of fused-ring (bicyclic) bond motifs is 1. The Hall–Kier alpha value is -8.43. The minimum Gasteiger partial charge on any atom is -0.444 e. The van der Waals surface area contributed by atoms with Gasteiger partial charge in [0.25, 0.3) is 11.4 Å². The molecule has 4 N–H and O–H groups in total. The maximum Gasteiger partial charge on any atom is 0.410 e. The number of likely N-dealkylation sites (tertiary alicyclic amines) is 3. The van der Waals surface area contributed by atoms with Crippen molar-refractivity contribution >= 4 is 57.7 Å². The number of carbonyl (C=O) groups excluding carboxylic acids is 3. The van der Waals surface area contributed by atoms with E-state index >= 15 is 0 Å². The van der Waals surface area contributed by atoms with Gasteiger partial charge in [-0.2, -0.15) is 0 Å². The number of piperidine rings is 3. The number of halogens is 2. The quantitative estimate of drug-likeness (QED) is 0.0554. The number of nitrogens with one attached hydrogen (secondary N) is 2. The number of anilines is 3. The lowest BCUT2D eigenvalue weighted by molar-refractivity contribution is -0.385. The van der Waals surface area contributed by atoms with Gasteiger partial charge in [0.2, 0.25) is 11.9 Å². The van der Waals surface area contributed by atoms with Gasteiger partial charge in [0.15, 0.2) is 0 Å². The second-order valence-corrected chi connectivity index (χ2v) is 23.3. The van der Waals surface area contributed by atoms with E-state index < -0.39 is 21.9 Å². The van der Waals surface area contributed by atoms with E-state index in [1.807, 2.05) is 102 Å². The third-order valence-corrected chi connectivity index (χ3v) is 14.2. The number of nitro benzene ring substituents is 2. The van der Waals surface area contributed by atoms with Gasteiger partial charge in [-0.25, -0.2) is 28.3 Å². The van der Waals surface area contributed by atoms with Crippen molar-refractivity contribution in [1.29, 1.82) is 0 Å². The number of amides is 3. The Kier molecular flexibility index (Phi) is 24.3. The Balaban J connectivity index is 0.000000207. The molecular weight excluding hydrogens is 1090 g/mol. The van der Waals surface area contributed by atoms with Crippen LogP contribution >= 0.6 is 0 Å². The summed E-state index contributed by atoms with van der Waals surface area (Å²) in [6.45, 7) is 19.9. The Morgan fingerprint density at radius 2 is 1.19 bits per heavy atom. The minimum absolute atomic E-state index is 0.0959. The van der Waals surface area contributed by atoms with Crippen molar-refractivity contribution in [2.45, 2.75) is 110 Å². The van der Waals surface area contributed by atoms with Crippen LogP contribution in [0, 0.1) is 37.9 Å². The largest absolute Gasteiger partial charge is 0.444 e. The summed E-state index contributed by atoms with van der Waals surface area (Å²) < 4.78 is 35.4. The molecule has 21 heteroatoms. The molecule has 85 heavy (non-hydrogen) atoms. The van der Waals surface area contributed by atoms with Crippen LogP contribution in [0.25, 0.3) is 22.0 Å². The Morgan fingerprint density at radius 3 is 1.69 bits per heavy atom. The van der Waals surface area contributed by atoms with Gasteiger partial charge < -0.3 is 40.5 Å². The van der Waals surface area contributed by atoms with Crippen LogP contribution in [0.4, 0.5) is 47.1 Å². The van der Waals surface area contributed by atoms with E-state index in [0.717, 1.165) is 135 Å². The van der Waals surface area contributed by atoms with Crippen molar-refractivity contribution in [2.24, 2.45) is 17.6 Å². The van der Waals surface area contributed by atoms with E-state index in [0.29, 0.717) is 43.1 Å². The minimum atomic E-state index is -0.570. The molecule has 5 aromatic carbocycles. The first-order chi connectivity index (χ1) is 40.4. The number of nitro groups is 2. The lowest BCUT2D eigenvalue weighted by atomic mass is 9.90. The van der Waals surface area contributed by atoms with Crippen LogP contribution in [0.3, 0.4) is 0 Å². The molecule has 4 heterocycles. The average Bonchev–Trinajstić information content (AvgIpc) is 3.58. The van der Waals surface area contributed by atoms with E-state index in [1.54, 1.807) is 21.9 Å². The summed E-state index contributed by atoms with van der Waals surface area (Å²) in [5.74, 6) is 0.948. The number of hydrogen-bond acceptors (Lipinski definition) is 14. The van der Waals surface area contributed by atoms with E-state index in [4.69, 9.17) is 20.2 Å². The molecule has 3 aliphatic rings. The van der Waals surface area contributed by atoms with E-state index in [9.17, 15) is 43.4 Å². The molecule has 0 saturated carbocycles. The number of para-hydroxylation sites is 1. The Bertz CT molecular complexity index is 3150. The smallest absolute Gasteiger partial charge is 0.410 e. The molecule has 3 saturated heterocycles. The van der Waals surface area contributed by atoms with Gasteiger partial charge in [0.1, 0.15) is 23.7 Å². The summed E-state index contributed by atoms with van der Waals surface area (Å²) >= 11 is 0. The average molecular weight is 1170 g/mol. The molecule has 0 unspecified atom stereocenters. The highest BCUT2D eigenvalue weighted by molar-refractivity contribution is 6.00. The fourth-order valence-corrected chi connectivity index (χ4v) is 9.73. The maximum atomic E-state index is 12.6. The Morgan fingerprint density at radius 1 is 0.694 bits per heavy atom. The molecule has 1 aromatic heterocycles. The molecule has 9 rings (SSSR count). The van der Waals surface area contributed by atoms with Gasteiger partial charge in [-0.05, 0) is 177 Å². The number of benzene rings is 5. The van der Waals surface area contributed by atoms with Crippen LogP contribution in [0.1, 0.15) is 91.2 Å². The summed E-state index contributed by atoms with van der Waals surface area (Å²) in [7, 11) is 0. The first-order valence-corrected chi connectivity index (χ1v) is 28.7. The molecule has 0 bridgehead atoms. The van der Waals surface area contributed by atoms with Crippen LogP contribution in [0.2, 0.25) is 0 Å². The van der Waals surface area contributed by atoms with Gasteiger partial charge in [0.05, 0.1) is 15.4 Å². The summed E-state index contributed by atoms with van der Waals surface area (Å²) in [5.41, 5.74) is 11.7. The number of non-ortho nitro benzene ring substituents is 2. The van der Waals surface area contributed by atoms with Crippen LogP contribution in [-0.4, -0.2) is 122 Å². The maximum absolute atomic E-state index is 12.6. The van der Waals surface area contributed by atoms with Crippen LogP contribution in [0.15, 0.2) is 134 Å². The number of nitrogens with zero attached hydrogens (tertiary/aromatic N) is 7. The van der Waals surface area contributed by atoms with Gasteiger partial charge >= 0.3 is 12.2 Å². The monoisotopic (exact) mass is 1170 g/mol. The zero-order chi connectivity index (χ0) is 61.7. The predicted octanol–water partition coefficient (Wildman–Crippen LogP) is 13.3. The highest BCUT2D eigenvalue weighted by atomic mass is 19.1. The number of nitrogens with two attached hydrogens (primary N) is 1. The van der Waals surface area contributed by atoms with E-state index in [2.05, 4.69) is 51.4 Å².